The molecule has 0 amide bonds. The highest BCUT2D eigenvalue weighted by molar-refractivity contribution is 5.40. The van der Waals surface area contributed by atoms with Crippen LogP contribution in [0.5, 0.6) is 5.75 Å². The van der Waals surface area contributed by atoms with E-state index in [0.29, 0.717) is 17.8 Å². The van der Waals surface area contributed by atoms with Crippen molar-refractivity contribution < 1.29 is 14.9 Å². The number of benzene rings is 1. The quantitative estimate of drug-likeness (QED) is 0.838. The molecule has 3 aliphatic rings. The number of ether oxygens (including phenoxy) is 1. The van der Waals surface area contributed by atoms with Gasteiger partial charge >= 0.3 is 0 Å². The summed E-state index contributed by atoms with van der Waals surface area (Å²) in [6, 6.07) is 6.51. The number of hydrogen-bond acceptors (Lipinski definition) is 3. The molecule has 4 rings (SSSR count). The van der Waals surface area contributed by atoms with Gasteiger partial charge in [0, 0.05) is 0 Å². The molecule has 1 aromatic rings. The molecule has 0 spiro atoms. The minimum atomic E-state index is -0.546. The van der Waals surface area contributed by atoms with Crippen molar-refractivity contribution in [3.63, 3.8) is 0 Å². The van der Waals surface area contributed by atoms with Gasteiger partial charge in [-0.1, -0.05) is 13.0 Å². The molecular weight excluding hydrogens is 276 g/mol. The van der Waals surface area contributed by atoms with Crippen molar-refractivity contribution in [2.45, 2.75) is 57.2 Å². The van der Waals surface area contributed by atoms with E-state index in [4.69, 9.17) is 4.74 Å². The fraction of sp³-hybridized carbons (Fsp3) is 0.684. The lowest BCUT2D eigenvalue weighted by molar-refractivity contribution is -0.0505. The second kappa shape index (κ2) is 4.97. The van der Waals surface area contributed by atoms with E-state index in [-0.39, 0.29) is 5.41 Å². The van der Waals surface area contributed by atoms with Gasteiger partial charge < -0.3 is 14.9 Å². The highest BCUT2D eigenvalue weighted by Crippen LogP contribution is 2.60. The fourth-order valence-electron chi connectivity index (χ4n) is 5.67. The standard InChI is InChI=1S/C19H26O3/c1-19-8-7-14-13-6-4-12(22-2)9-11(13)3-5-15(14)16(19)10-17(20)18(19)21/h4,6,9,14-18,20-21H,3,5,7-8,10H2,1-2H3/t14-,15-,16+,17?,18+,19+/m1/s1. The Morgan fingerprint density at radius 3 is 2.82 bits per heavy atom. The molecule has 2 saturated carbocycles. The van der Waals surface area contributed by atoms with Crippen LogP contribution in [0.25, 0.3) is 0 Å². The number of fused-ring (bicyclic) bond motifs is 5. The zero-order chi connectivity index (χ0) is 15.5. The smallest absolute Gasteiger partial charge is 0.119 e. The van der Waals surface area contributed by atoms with Crippen LogP contribution in [-0.4, -0.2) is 29.5 Å². The van der Waals surface area contributed by atoms with Crippen molar-refractivity contribution >= 4 is 0 Å². The fourth-order valence-corrected chi connectivity index (χ4v) is 5.67. The van der Waals surface area contributed by atoms with Gasteiger partial charge in [0.25, 0.3) is 0 Å². The Bertz CT molecular complexity index is 584. The van der Waals surface area contributed by atoms with Crippen molar-refractivity contribution in [3.8, 4) is 5.75 Å². The lowest BCUT2D eigenvalue weighted by Gasteiger charge is -2.49. The van der Waals surface area contributed by atoms with E-state index in [1.807, 2.05) is 0 Å². The second-order valence-corrected chi connectivity index (χ2v) is 7.77. The summed E-state index contributed by atoms with van der Waals surface area (Å²) in [6.45, 7) is 2.19. The Labute approximate surface area is 132 Å². The van der Waals surface area contributed by atoms with E-state index in [1.165, 1.54) is 17.5 Å². The molecule has 0 aromatic heterocycles. The largest absolute Gasteiger partial charge is 0.497 e. The molecule has 1 aromatic carbocycles. The lowest BCUT2D eigenvalue weighted by atomic mass is 9.55. The number of aryl methyl sites for hydroxylation is 1. The third kappa shape index (κ3) is 1.88. The molecule has 120 valence electrons. The second-order valence-electron chi connectivity index (χ2n) is 7.77. The Balaban J connectivity index is 1.69. The van der Waals surface area contributed by atoms with Gasteiger partial charge in [-0.25, -0.2) is 0 Å². The van der Waals surface area contributed by atoms with Crippen LogP contribution < -0.4 is 4.74 Å². The van der Waals surface area contributed by atoms with E-state index < -0.39 is 12.2 Å². The summed E-state index contributed by atoms with van der Waals surface area (Å²) in [5.41, 5.74) is 2.82. The number of aliphatic hydroxyl groups is 2. The monoisotopic (exact) mass is 302 g/mol. The molecule has 3 heteroatoms. The topological polar surface area (TPSA) is 49.7 Å². The summed E-state index contributed by atoms with van der Waals surface area (Å²) in [5.74, 6) is 2.59. The molecule has 0 bridgehead atoms. The van der Waals surface area contributed by atoms with Gasteiger partial charge in [-0.15, -0.1) is 0 Å². The Kier molecular flexibility index (Phi) is 3.28. The number of rotatable bonds is 1. The van der Waals surface area contributed by atoms with E-state index in [1.54, 1.807) is 7.11 Å². The molecule has 2 N–H and O–H groups in total. The molecule has 3 aliphatic carbocycles. The van der Waals surface area contributed by atoms with Crippen LogP contribution in [0.3, 0.4) is 0 Å². The summed E-state index contributed by atoms with van der Waals surface area (Å²) < 4.78 is 5.36. The predicted molar refractivity (Wildman–Crippen MR) is 85.0 cm³/mol. The maximum atomic E-state index is 10.4. The van der Waals surface area contributed by atoms with Crippen molar-refractivity contribution in [3.05, 3.63) is 29.3 Å². The Morgan fingerprint density at radius 1 is 1.23 bits per heavy atom. The molecular formula is C19H26O3. The molecule has 0 aliphatic heterocycles. The highest BCUT2D eigenvalue weighted by atomic mass is 16.5. The van der Waals surface area contributed by atoms with Crippen molar-refractivity contribution in [1.29, 1.82) is 0 Å². The number of methoxy groups -OCH3 is 1. The highest BCUT2D eigenvalue weighted by Gasteiger charge is 2.57. The molecule has 22 heavy (non-hydrogen) atoms. The van der Waals surface area contributed by atoms with Gasteiger partial charge in [0.15, 0.2) is 0 Å². The van der Waals surface area contributed by atoms with Gasteiger partial charge in [0.1, 0.15) is 5.75 Å². The predicted octanol–water partition coefficient (Wildman–Crippen LogP) is 2.88. The molecule has 0 saturated heterocycles. The van der Waals surface area contributed by atoms with Gasteiger partial charge in [-0.3, -0.25) is 0 Å². The van der Waals surface area contributed by atoms with Gasteiger partial charge in [0.2, 0.25) is 0 Å². The third-order valence-electron chi connectivity index (χ3n) is 6.91. The van der Waals surface area contributed by atoms with Crippen LogP contribution in [-0.2, 0) is 6.42 Å². The molecule has 1 unspecified atom stereocenters. The minimum Gasteiger partial charge on any atom is -0.497 e. The van der Waals surface area contributed by atoms with Crippen LogP contribution in [0.15, 0.2) is 18.2 Å². The summed E-state index contributed by atoms with van der Waals surface area (Å²) in [7, 11) is 1.72. The maximum absolute atomic E-state index is 10.4. The zero-order valence-corrected chi connectivity index (χ0v) is 13.5. The van der Waals surface area contributed by atoms with Crippen LogP contribution in [0.2, 0.25) is 0 Å². The lowest BCUT2D eigenvalue weighted by Crippen LogP contribution is -2.44. The van der Waals surface area contributed by atoms with E-state index in [0.717, 1.165) is 31.4 Å². The minimum absolute atomic E-state index is 0.0927. The van der Waals surface area contributed by atoms with Crippen LogP contribution in [0.1, 0.15) is 49.7 Å². The van der Waals surface area contributed by atoms with Crippen LogP contribution in [0.4, 0.5) is 0 Å². The molecule has 3 nitrogen and oxygen atoms in total. The Hall–Kier alpha value is -1.06. The van der Waals surface area contributed by atoms with Crippen LogP contribution in [0, 0.1) is 17.3 Å². The molecule has 0 heterocycles. The molecule has 6 atom stereocenters. The van der Waals surface area contributed by atoms with Crippen molar-refractivity contribution in [2.75, 3.05) is 7.11 Å². The summed E-state index contributed by atoms with van der Waals surface area (Å²) >= 11 is 0. The summed E-state index contributed by atoms with van der Waals surface area (Å²) in [6.07, 6.45) is 4.09. The van der Waals surface area contributed by atoms with Crippen LogP contribution >= 0.6 is 0 Å². The van der Waals surface area contributed by atoms with Gasteiger partial charge in [-0.2, -0.15) is 0 Å². The van der Waals surface area contributed by atoms with E-state index >= 15 is 0 Å². The maximum Gasteiger partial charge on any atom is 0.119 e. The Morgan fingerprint density at radius 2 is 2.05 bits per heavy atom. The SMILES string of the molecule is COc1ccc2c(c1)CC[C@@H]1[C@@H]2CC[C@]2(C)[C@@H](O)C(O)C[C@@H]12. The first-order valence-electron chi connectivity index (χ1n) is 8.57. The number of hydrogen-bond donors (Lipinski definition) is 2. The summed E-state index contributed by atoms with van der Waals surface area (Å²) in [5, 5.41) is 20.6. The number of aliphatic hydroxyl groups excluding tert-OH is 2. The molecule has 2 fully saturated rings. The summed E-state index contributed by atoms with van der Waals surface area (Å²) in [4.78, 5) is 0. The van der Waals surface area contributed by atoms with Gasteiger partial charge in [-0.05, 0) is 78.5 Å². The third-order valence-corrected chi connectivity index (χ3v) is 6.91. The van der Waals surface area contributed by atoms with Crippen molar-refractivity contribution in [2.24, 2.45) is 17.3 Å². The molecule has 0 radical (unpaired) electrons. The average molecular weight is 302 g/mol. The first kappa shape index (κ1) is 14.5. The zero-order valence-electron chi connectivity index (χ0n) is 13.5. The normalized spacial score (nSPS) is 43.2. The van der Waals surface area contributed by atoms with Gasteiger partial charge in [0.05, 0.1) is 19.3 Å². The van der Waals surface area contributed by atoms with E-state index in [2.05, 4.69) is 25.1 Å². The van der Waals surface area contributed by atoms with Crippen molar-refractivity contribution in [1.82, 2.24) is 0 Å². The average Bonchev–Trinajstić information content (AvgIpc) is 2.77. The first-order valence-corrected chi connectivity index (χ1v) is 8.57. The van der Waals surface area contributed by atoms with E-state index in [9.17, 15) is 10.2 Å². The first-order chi connectivity index (χ1) is 10.5.